The molecule has 1 amide bonds. The van der Waals surface area contributed by atoms with Crippen LogP contribution in [0.4, 0.5) is 9.52 Å². The number of halogens is 1. The number of nitrogens with zero attached hydrogens (tertiary/aromatic N) is 2. The van der Waals surface area contributed by atoms with Crippen molar-refractivity contribution >= 4 is 32.4 Å². The second-order valence-electron chi connectivity index (χ2n) is 7.44. The van der Waals surface area contributed by atoms with E-state index in [4.69, 9.17) is 0 Å². The lowest BCUT2D eigenvalue weighted by molar-refractivity contribution is 0.102. The maximum Gasteiger partial charge on any atom is 0.257 e. The molecule has 4 rings (SSSR count). The Bertz CT molecular complexity index is 1370. The fraction of sp³-hybridized carbons (Fsp3) is 0.120. The van der Waals surface area contributed by atoms with E-state index in [0.717, 1.165) is 11.1 Å². The van der Waals surface area contributed by atoms with Gasteiger partial charge in [0.1, 0.15) is 5.82 Å². The van der Waals surface area contributed by atoms with Crippen LogP contribution in [-0.4, -0.2) is 30.2 Å². The van der Waals surface area contributed by atoms with E-state index in [1.165, 1.54) is 52.0 Å². The van der Waals surface area contributed by atoms with Gasteiger partial charge < -0.3 is 0 Å². The fourth-order valence-electron chi connectivity index (χ4n) is 3.33. The van der Waals surface area contributed by atoms with Gasteiger partial charge in [0, 0.05) is 29.6 Å². The minimum atomic E-state index is -3.72. The molecule has 1 heterocycles. The first kappa shape index (κ1) is 23.7. The third-order valence-corrected chi connectivity index (χ3v) is 7.87. The second-order valence-corrected chi connectivity index (χ2v) is 10.2. The molecule has 0 saturated carbocycles. The number of carbonyl (C=O) groups is 1. The highest BCUT2D eigenvalue weighted by atomic mass is 32.2. The summed E-state index contributed by atoms with van der Waals surface area (Å²) in [6.45, 7) is 2.37. The van der Waals surface area contributed by atoms with Crippen molar-refractivity contribution in [1.29, 1.82) is 0 Å². The van der Waals surface area contributed by atoms with Crippen molar-refractivity contribution in [3.05, 3.63) is 101 Å². The zero-order chi connectivity index (χ0) is 24.1. The molecule has 3 aromatic carbocycles. The molecule has 0 atom stereocenters. The van der Waals surface area contributed by atoms with Crippen LogP contribution in [-0.2, 0) is 16.6 Å². The second kappa shape index (κ2) is 10.3. The first-order valence-electron chi connectivity index (χ1n) is 10.5. The Labute approximate surface area is 201 Å². The molecule has 174 valence electrons. The summed E-state index contributed by atoms with van der Waals surface area (Å²) in [6, 6.07) is 21.1. The Morgan fingerprint density at radius 2 is 1.68 bits per heavy atom. The lowest BCUT2D eigenvalue weighted by atomic mass is 10.2. The minimum Gasteiger partial charge on any atom is -0.298 e. The molecular formula is C25H22FN3O3S2. The monoisotopic (exact) mass is 495 g/mol. The average Bonchev–Trinajstić information content (AvgIpc) is 3.32. The van der Waals surface area contributed by atoms with E-state index in [-0.39, 0.29) is 17.3 Å². The molecule has 0 radical (unpaired) electrons. The van der Waals surface area contributed by atoms with Gasteiger partial charge in [-0.15, -0.1) is 11.3 Å². The van der Waals surface area contributed by atoms with Gasteiger partial charge in [-0.1, -0.05) is 37.3 Å². The van der Waals surface area contributed by atoms with E-state index >= 15 is 0 Å². The highest BCUT2D eigenvalue weighted by Crippen LogP contribution is 2.26. The summed E-state index contributed by atoms with van der Waals surface area (Å²) in [5.41, 5.74) is 2.57. The van der Waals surface area contributed by atoms with Crippen LogP contribution < -0.4 is 5.32 Å². The van der Waals surface area contributed by atoms with Crippen LogP contribution in [0.15, 0.2) is 89.1 Å². The number of amides is 1. The molecule has 0 bridgehead atoms. The van der Waals surface area contributed by atoms with E-state index in [1.54, 1.807) is 24.4 Å². The number of carbonyl (C=O) groups excluding carboxylic acids is 1. The van der Waals surface area contributed by atoms with Crippen molar-refractivity contribution < 1.29 is 17.6 Å². The molecule has 1 aromatic heterocycles. The van der Waals surface area contributed by atoms with Crippen molar-refractivity contribution in [3.63, 3.8) is 0 Å². The van der Waals surface area contributed by atoms with Crippen LogP contribution >= 0.6 is 11.3 Å². The molecule has 6 nitrogen and oxygen atoms in total. The standard InChI is InChI=1S/C25H22FN3O3S2/c1-2-29(16-18-6-4-3-5-7-18)34(31,32)22-14-10-20(11-15-22)24(30)28-25-27-23(17-33-25)19-8-12-21(26)13-9-19/h3-15,17H,2,16H2,1H3,(H,27,28,30). The molecule has 34 heavy (non-hydrogen) atoms. The van der Waals surface area contributed by atoms with Crippen molar-refractivity contribution in [2.24, 2.45) is 0 Å². The molecule has 0 aliphatic rings. The number of rotatable bonds is 8. The number of aromatic nitrogens is 1. The van der Waals surface area contributed by atoms with Gasteiger partial charge in [-0.05, 0) is 54.1 Å². The summed E-state index contributed by atoms with van der Waals surface area (Å²) in [5.74, 6) is -0.735. The van der Waals surface area contributed by atoms with Crippen LogP contribution in [0.1, 0.15) is 22.8 Å². The summed E-state index contributed by atoms with van der Waals surface area (Å²) < 4.78 is 40.7. The predicted octanol–water partition coefficient (Wildman–Crippen LogP) is 5.41. The molecule has 9 heteroatoms. The molecule has 0 aliphatic carbocycles. The first-order chi connectivity index (χ1) is 16.4. The molecule has 1 N–H and O–H groups in total. The SMILES string of the molecule is CCN(Cc1ccccc1)S(=O)(=O)c1ccc(C(=O)Nc2nc(-c3ccc(F)cc3)cs2)cc1. The van der Waals surface area contributed by atoms with Gasteiger partial charge in [-0.25, -0.2) is 17.8 Å². The number of anilines is 1. The minimum absolute atomic E-state index is 0.120. The van der Waals surface area contributed by atoms with E-state index in [0.29, 0.717) is 22.9 Å². The summed E-state index contributed by atoms with van der Waals surface area (Å²) in [4.78, 5) is 17.1. The molecule has 0 aliphatic heterocycles. The van der Waals surface area contributed by atoms with E-state index in [9.17, 15) is 17.6 Å². The fourth-order valence-corrected chi connectivity index (χ4v) is 5.49. The van der Waals surface area contributed by atoms with Gasteiger partial charge in [-0.2, -0.15) is 4.31 Å². The molecular weight excluding hydrogens is 473 g/mol. The Morgan fingerprint density at radius 1 is 1.00 bits per heavy atom. The molecule has 0 spiro atoms. The van der Waals surface area contributed by atoms with Gasteiger partial charge in [0.25, 0.3) is 5.91 Å². The van der Waals surface area contributed by atoms with Gasteiger partial charge >= 0.3 is 0 Å². The Kier molecular flexibility index (Phi) is 7.16. The number of sulfonamides is 1. The van der Waals surface area contributed by atoms with Crippen molar-refractivity contribution in [1.82, 2.24) is 9.29 Å². The maximum absolute atomic E-state index is 13.1. The highest BCUT2D eigenvalue weighted by molar-refractivity contribution is 7.89. The topological polar surface area (TPSA) is 79.4 Å². The summed E-state index contributed by atoms with van der Waals surface area (Å²) >= 11 is 1.25. The number of benzene rings is 3. The largest absolute Gasteiger partial charge is 0.298 e. The van der Waals surface area contributed by atoms with Crippen molar-refractivity contribution in [2.45, 2.75) is 18.4 Å². The van der Waals surface area contributed by atoms with Crippen LogP contribution in [0.25, 0.3) is 11.3 Å². The van der Waals surface area contributed by atoms with Crippen LogP contribution in [0.3, 0.4) is 0 Å². The van der Waals surface area contributed by atoms with Gasteiger partial charge in [-0.3, -0.25) is 10.1 Å². The third-order valence-electron chi connectivity index (χ3n) is 5.17. The molecule has 4 aromatic rings. The average molecular weight is 496 g/mol. The first-order valence-corrected chi connectivity index (χ1v) is 12.9. The molecule has 0 saturated heterocycles. The Hall–Kier alpha value is -3.40. The third kappa shape index (κ3) is 5.39. The predicted molar refractivity (Wildman–Crippen MR) is 132 cm³/mol. The van der Waals surface area contributed by atoms with E-state index in [2.05, 4.69) is 10.3 Å². The Balaban J connectivity index is 1.45. The number of nitrogens with one attached hydrogen (secondary N) is 1. The van der Waals surface area contributed by atoms with E-state index in [1.807, 2.05) is 30.3 Å². The normalized spacial score (nSPS) is 11.5. The maximum atomic E-state index is 13.1. The summed E-state index contributed by atoms with van der Waals surface area (Å²) in [5, 5.41) is 4.88. The molecule has 0 fully saturated rings. The summed E-state index contributed by atoms with van der Waals surface area (Å²) in [6.07, 6.45) is 0. The number of thiazole rings is 1. The molecule has 0 unspecified atom stereocenters. The lowest BCUT2D eigenvalue weighted by Gasteiger charge is -2.20. The van der Waals surface area contributed by atoms with Crippen LogP contribution in [0, 0.1) is 5.82 Å². The van der Waals surface area contributed by atoms with Gasteiger partial charge in [0.05, 0.1) is 10.6 Å². The smallest absolute Gasteiger partial charge is 0.257 e. The lowest BCUT2D eigenvalue weighted by Crippen LogP contribution is -2.30. The van der Waals surface area contributed by atoms with Crippen LogP contribution in [0.2, 0.25) is 0 Å². The zero-order valence-corrected chi connectivity index (χ0v) is 19.9. The van der Waals surface area contributed by atoms with Crippen LogP contribution in [0.5, 0.6) is 0 Å². The zero-order valence-electron chi connectivity index (χ0n) is 18.3. The van der Waals surface area contributed by atoms with Crippen molar-refractivity contribution in [2.75, 3.05) is 11.9 Å². The summed E-state index contributed by atoms with van der Waals surface area (Å²) in [7, 11) is -3.72. The Morgan fingerprint density at radius 3 is 2.32 bits per heavy atom. The van der Waals surface area contributed by atoms with Gasteiger partial charge in [0.2, 0.25) is 10.0 Å². The highest BCUT2D eigenvalue weighted by Gasteiger charge is 2.23. The quantitative estimate of drug-likeness (QED) is 0.354. The van der Waals surface area contributed by atoms with E-state index < -0.39 is 15.9 Å². The number of hydrogen-bond acceptors (Lipinski definition) is 5. The number of hydrogen-bond donors (Lipinski definition) is 1. The van der Waals surface area contributed by atoms with Gasteiger partial charge in [0.15, 0.2) is 5.13 Å². The van der Waals surface area contributed by atoms with Crippen molar-refractivity contribution in [3.8, 4) is 11.3 Å².